The lowest BCUT2D eigenvalue weighted by Gasteiger charge is -2.04. The summed E-state index contributed by atoms with van der Waals surface area (Å²) in [6, 6.07) is 3.79. The fourth-order valence-corrected chi connectivity index (χ4v) is 1.14. The van der Waals surface area contributed by atoms with Crippen LogP contribution in [-0.2, 0) is 11.3 Å². The highest BCUT2D eigenvalue weighted by molar-refractivity contribution is 5.67. The number of hydrogen-bond donors (Lipinski definition) is 3. The van der Waals surface area contributed by atoms with Crippen LogP contribution in [0.4, 0.5) is 5.82 Å². The quantitative estimate of drug-likeness (QED) is 0.642. The number of aliphatic carboxylic acids is 1. The number of hydrogen-bond acceptors (Lipinski definition) is 4. The van der Waals surface area contributed by atoms with Crippen LogP contribution in [0.2, 0.25) is 0 Å². The van der Waals surface area contributed by atoms with E-state index in [4.69, 9.17) is 5.11 Å². The molecule has 1 rings (SSSR count). The molecule has 0 amide bonds. The highest BCUT2D eigenvalue weighted by Gasteiger charge is 1.97. The van der Waals surface area contributed by atoms with Crippen molar-refractivity contribution in [3.8, 4) is 0 Å². The molecule has 0 unspecified atom stereocenters. The summed E-state index contributed by atoms with van der Waals surface area (Å²) < 4.78 is 0. The number of nitrogens with one attached hydrogen (secondary N) is 2. The molecule has 0 aliphatic rings. The van der Waals surface area contributed by atoms with Gasteiger partial charge in [0.1, 0.15) is 5.82 Å². The number of carbonyl (C=O) groups is 1. The molecule has 1 aromatic heterocycles. The maximum atomic E-state index is 10.3. The lowest BCUT2D eigenvalue weighted by molar-refractivity contribution is -0.136. The second-order valence-corrected chi connectivity index (χ2v) is 3.15. The number of nitrogens with zero attached hydrogens (tertiary/aromatic N) is 1. The van der Waals surface area contributed by atoms with Crippen molar-refractivity contribution < 1.29 is 9.90 Å². The molecule has 0 atom stereocenters. The van der Waals surface area contributed by atoms with Crippen LogP contribution in [0, 0.1) is 0 Å². The van der Waals surface area contributed by atoms with Gasteiger partial charge >= 0.3 is 5.97 Å². The third-order valence-corrected chi connectivity index (χ3v) is 1.85. The summed E-state index contributed by atoms with van der Waals surface area (Å²) in [7, 11) is 1.87. The topological polar surface area (TPSA) is 74.2 Å². The van der Waals surface area contributed by atoms with E-state index in [1.165, 1.54) is 0 Å². The second-order valence-electron chi connectivity index (χ2n) is 3.15. The van der Waals surface area contributed by atoms with E-state index in [9.17, 15) is 4.79 Å². The molecule has 0 aliphatic heterocycles. The van der Waals surface area contributed by atoms with Crippen molar-refractivity contribution in [3.05, 3.63) is 23.9 Å². The molecular weight excluding hydrogens is 194 g/mol. The Balaban J connectivity index is 2.39. The van der Waals surface area contributed by atoms with Gasteiger partial charge in [0.15, 0.2) is 0 Å². The Morgan fingerprint density at radius 3 is 2.87 bits per heavy atom. The van der Waals surface area contributed by atoms with Gasteiger partial charge in [-0.3, -0.25) is 4.79 Å². The van der Waals surface area contributed by atoms with E-state index < -0.39 is 5.97 Å². The van der Waals surface area contributed by atoms with E-state index in [1.54, 1.807) is 6.20 Å². The minimum atomic E-state index is -0.811. The van der Waals surface area contributed by atoms with Gasteiger partial charge in [-0.25, -0.2) is 4.98 Å². The van der Waals surface area contributed by atoms with E-state index in [1.807, 2.05) is 19.2 Å². The van der Waals surface area contributed by atoms with Crippen LogP contribution < -0.4 is 10.6 Å². The molecule has 82 valence electrons. The number of pyridine rings is 1. The molecule has 1 heterocycles. The lowest BCUT2D eigenvalue weighted by Crippen LogP contribution is -2.09. The van der Waals surface area contributed by atoms with Gasteiger partial charge in [-0.1, -0.05) is 6.07 Å². The summed E-state index contributed by atoms with van der Waals surface area (Å²) >= 11 is 0. The lowest BCUT2D eigenvalue weighted by atomic mass is 10.3. The molecule has 3 N–H and O–H groups in total. The van der Waals surface area contributed by atoms with Crippen molar-refractivity contribution in [3.63, 3.8) is 0 Å². The van der Waals surface area contributed by atoms with Crippen LogP contribution in [0.15, 0.2) is 18.3 Å². The Morgan fingerprint density at radius 2 is 2.33 bits per heavy atom. The minimum absolute atomic E-state index is 0.0972. The van der Waals surface area contributed by atoms with E-state index >= 15 is 0 Å². The van der Waals surface area contributed by atoms with Gasteiger partial charge in [0.25, 0.3) is 0 Å². The van der Waals surface area contributed by atoms with Crippen LogP contribution in [0.25, 0.3) is 0 Å². The normalized spacial score (nSPS) is 9.93. The SMILES string of the molecule is CNCc1ccc(NCCC(=O)O)nc1. The Kier molecular flexibility index (Phi) is 4.56. The first kappa shape index (κ1) is 11.5. The average Bonchev–Trinajstić information content (AvgIpc) is 2.20. The van der Waals surface area contributed by atoms with E-state index in [-0.39, 0.29) is 6.42 Å². The Morgan fingerprint density at radius 1 is 1.53 bits per heavy atom. The number of carboxylic acids is 1. The summed E-state index contributed by atoms with van der Waals surface area (Å²) in [6.07, 6.45) is 1.86. The summed E-state index contributed by atoms with van der Waals surface area (Å²) in [4.78, 5) is 14.4. The molecule has 15 heavy (non-hydrogen) atoms. The van der Waals surface area contributed by atoms with Crippen LogP contribution in [0.5, 0.6) is 0 Å². The molecule has 1 aromatic rings. The Labute approximate surface area is 88.5 Å². The van der Waals surface area contributed by atoms with Gasteiger partial charge in [0.05, 0.1) is 6.42 Å². The average molecular weight is 209 g/mol. The van der Waals surface area contributed by atoms with E-state index in [0.29, 0.717) is 12.4 Å². The standard InChI is InChI=1S/C10H15N3O2/c1-11-6-8-2-3-9(13-7-8)12-5-4-10(14)15/h2-3,7,11H,4-6H2,1H3,(H,12,13)(H,14,15). The van der Waals surface area contributed by atoms with Gasteiger partial charge < -0.3 is 15.7 Å². The zero-order valence-electron chi connectivity index (χ0n) is 8.66. The first-order valence-electron chi connectivity index (χ1n) is 4.77. The van der Waals surface area contributed by atoms with Crippen molar-refractivity contribution in [2.24, 2.45) is 0 Å². The maximum Gasteiger partial charge on any atom is 0.305 e. The Hall–Kier alpha value is -1.62. The van der Waals surface area contributed by atoms with Gasteiger partial charge in [-0.05, 0) is 18.7 Å². The fraction of sp³-hybridized carbons (Fsp3) is 0.400. The molecule has 0 aliphatic carbocycles. The third kappa shape index (κ3) is 4.42. The monoisotopic (exact) mass is 209 g/mol. The number of aromatic nitrogens is 1. The summed E-state index contributed by atoms with van der Waals surface area (Å²) in [6.45, 7) is 1.18. The van der Waals surface area contributed by atoms with Crippen LogP contribution in [0.1, 0.15) is 12.0 Å². The van der Waals surface area contributed by atoms with Gasteiger partial charge in [-0.2, -0.15) is 0 Å². The van der Waals surface area contributed by atoms with Crippen molar-refractivity contribution in [1.29, 1.82) is 0 Å². The maximum absolute atomic E-state index is 10.3. The van der Waals surface area contributed by atoms with Crippen LogP contribution in [-0.4, -0.2) is 29.7 Å². The highest BCUT2D eigenvalue weighted by Crippen LogP contribution is 2.04. The minimum Gasteiger partial charge on any atom is -0.481 e. The van der Waals surface area contributed by atoms with Gasteiger partial charge in [0, 0.05) is 19.3 Å². The van der Waals surface area contributed by atoms with Gasteiger partial charge in [0.2, 0.25) is 0 Å². The summed E-state index contributed by atoms with van der Waals surface area (Å²) in [5.74, 6) is -0.106. The fourth-order valence-electron chi connectivity index (χ4n) is 1.14. The van der Waals surface area contributed by atoms with E-state index in [2.05, 4.69) is 15.6 Å². The Bertz CT molecular complexity index is 311. The predicted octanol–water partition coefficient (Wildman–Crippen LogP) is 0.688. The summed E-state index contributed by atoms with van der Waals surface area (Å²) in [5.41, 5.74) is 1.10. The zero-order chi connectivity index (χ0) is 11.1. The molecule has 0 radical (unpaired) electrons. The van der Waals surface area contributed by atoms with E-state index in [0.717, 1.165) is 12.1 Å². The van der Waals surface area contributed by atoms with Crippen molar-refractivity contribution in [1.82, 2.24) is 10.3 Å². The molecule has 0 bridgehead atoms. The molecule has 5 nitrogen and oxygen atoms in total. The second kappa shape index (κ2) is 5.98. The van der Waals surface area contributed by atoms with Crippen LogP contribution >= 0.6 is 0 Å². The number of anilines is 1. The molecule has 0 aromatic carbocycles. The summed E-state index contributed by atoms with van der Waals surface area (Å²) in [5, 5.41) is 14.4. The van der Waals surface area contributed by atoms with Gasteiger partial charge in [-0.15, -0.1) is 0 Å². The van der Waals surface area contributed by atoms with Crippen molar-refractivity contribution in [2.75, 3.05) is 18.9 Å². The van der Waals surface area contributed by atoms with Crippen molar-refractivity contribution >= 4 is 11.8 Å². The highest BCUT2D eigenvalue weighted by atomic mass is 16.4. The first-order valence-corrected chi connectivity index (χ1v) is 4.77. The van der Waals surface area contributed by atoms with Crippen molar-refractivity contribution in [2.45, 2.75) is 13.0 Å². The molecular formula is C10H15N3O2. The third-order valence-electron chi connectivity index (χ3n) is 1.85. The predicted molar refractivity (Wildman–Crippen MR) is 57.7 cm³/mol. The molecule has 5 heteroatoms. The largest absolute Gasteiger partial charge is 0.481 e. The number of rotatable bonds is 6. The smallest absolute Gasteiger partial charge is 0.305 e. The molecule has 0 fully saturated rings. The number of carboxylic acid groups (broad SMARTS) is 1. The molecule has 0 spiro atoms. The van der Waals surface area contributed by atoms with Crippen LogP contribution in [0.3, 0.4) is 0 Å². The molecule has 0 saturated heterocycles. The molecule has 0 saturated carbocycles. The zero-order valence-corrected chi connectivity index (χ0v) is 8.66. The first-order chi connectivity index (χ1) is 7.22.